The van der Waals surface area contributed by atoms with Crippen LogP contribution in [0, 0.1) is 0 Å². The van der Waals surface area contributed by atoms with E-state index in [0.29, 0.717) is 91.5 Å². The zero-order valence-electron chi connectivity index (χ0n) is 33.3. The molecule has 0 aromatic heterocycles. The number of imide groups is 1. The van der Waals surface area contributed by atoms with Gasteiger partial charge in [0.1, 0.15) is 5.75 Å². The maximum atomic E-state index is 13.2. The van der Waals surface area contributed by atoms with E-state index in [1.165, 1.54) is 12.2 Å². The molecule has 0 spiro atoms. The van der Waals surface area contributed by atoms with Crippen molar-refractivity contribution in [2.24, 2.45) is 0 Å². The maximum absolute atomic E-state index is 13.2. The number of ketones is 1. The second-order valence-corrected chi connectivity index (χ2v) is 12.5. The topological polar surface area (TPSA) is 233 Å². The highest BCUT2D eigenvalue weighted by atomic mass is 16.6. The first-order chi connectivity index (χ1) is 28.2. The zero-order valence-corrected chi connectivity index (χ0v) is 33.3. The van der Waals surface area contributed by atoms with Gasteiger partial charge in [0.2, 0.25) is 11.8 Å². The molecule has 1 atom stereocenters. The largest absolute Gasteiger partial charge is 0.482 e. The number of amides is 4. The summed E-state index contributed by atoms with van der Waals surface area (Å²) in [4.78, 5) is 72.7. The Labute approximate surface area is 338 Å². The third kappa shape index (κ3) is 25.1. The smallest absolute Gasteiger partial charge is 0.341 e. The molecule has 326 valence electrons. The molecule has 0 bridgehead atoms. The number of carboxylic acid groups (broad SMARTS) is 1. The Morgan fingerprint density at radius 2 is 1.16 bits per heavy atom. The summed E-state index contributed by atoms with van der Waals surface area (Å²) >= 11 is 0. The van der Waals surface area contributed by atoms with Crippen LogP contribution in [-0.4, -0.2) is 177 Å². The lowest BCUT2D eigenvalue weighted by Crippen LogP contribution is -2.42. The minimum Gasteiger partial charge on any atom is -0.482 e. The lowest BCUT2D eigenvalue weighted by atomic mass is 9.99. The first-order valence-electron chi connectivity index (χ1n) is 19.3. The fraction of sp³-hybridized carbons (Fsp3) is 0.641. The van der Waals surface area contributed by atoms with E-state index in [4.69, 9.17) is 47.7 Å². The highest BCUT2D eigenvalue weighted by molar-refractivity contribution is 6.13. The zero-order chi connectivity index (χ0) is 42.1. The molecule has 0 unspecified atom stereocenters. The number of hydrogen-bond acceptors (Lipinski definition) is 15. The molecule has 4 amide bonds. The first kappa shape index (κ1) is 49.8. The van der Waals surface area contributed by atoms with Crippen molar-refractivity contribution in [3.8, 4) is 5.75 Å². The van der Waals surface area contributed by atoms with Crippen molar-refractivity contribution in [2.75, 3.05) is 126 Å². The summed E-state index contributed by atoms with van der Waals surface area (Å²) in [5.41, 5.74) is 0.760. The molecule has 58 heavy (non-hydrogen) atoms. The van der Waals surface area contributed by atoms with Gasteiger partial charge >= 0.3 is 5.97 Å². The predicted octanol–water partition coefficient (Wildman–Crippen LogP) is 0.111. The molecule has 1 aromatic carbocycles. The van der Waals surface area contributed by atoms with Crippen LogP contribution in [0.25, 0.3) is 0 Å². The molecule has 19 heteroatoms. The number of Topliss-reactive ketones (excluding diaryl/α,β-unsaturated/α-hetero) is 1. The molecule has 2 rings (SSSR count). The summed E-state index contributed by atoms with van der Waals surface area (Å²) in [6, 6.07) is 5.88. The van der Waals surface area contributed by atoms with Crippen LogP contribution in [0.2, 0.25) is 0 Å². The van der Waals surface area contributed by atoms with Crippen molar-refractivity contribution in [1.82, 2.24) is 15.5 Å². The Morgan fingerprint density at radius 3 is 1.71 bits per heavy atom. The van der Waals surface area contributed by atoms with Gasteiger partial charge in [-0.15, -0.1) is 0 Å². The van der Waals surface area contributed by atoms with Gasteiger partial charge in [-0.2, -0.15) is 0 Å². The third-order valence-corrected chi connectivity index (χ3v) is 7.96. The number of hydrogen-bond donors (Lipinski definition) is 3. The molecule has 0 saturated heterocycles. The summed E-state index contributed by atoms with van der Waals surface area (Å²) in [6.45, 7) is 5.20. The number of carboxylic acids is 1. The average Bonchev–Trinajstić information content (AvgIpc) is 3.53. The summed E-state index contributed by atoms with van der Waals surface area (Å²) in [5, 5.41) is 14.3. The van der Waals surface area contributed by atoms with E-state index < -0.39 is 30.4 Å². The van der Waals surface area contributed by atoms with E-state index in [1.54, 1.807) is 31.4 Å². The van der Waals surface area contributed by atoms with E-state index in [0.717, 1.165) is 10.5 Å². The number of methoxy groups -OCH3 is 1. The van der Waals surface area contributed by atoms with Crippen LogP contribution in [0.1, 0.15) is 31.2 Å². The van der Waals surface area contributed by atoms with Crippen LogP contribution in [0.4, 0.5) is 0 Å². The van der Waals surface area contributed by atoms with Crippen molar-refractivity contribution in [1.29, 1.82) is 0 Å². The fourth-order valence-corrected chi connectivity index (χ4v) is 4.96. The van der Waals surface area contributed by atoms with E-state index >= 15 is 0 Å². The van der Waals surface area contributed by atoms with Crippen LogP contribution in [0.5, 0.6) is 5.75 Å². The van der Waals surface area contributed by atoms with Crippen molar-refractivity contribution < 1.29 is 76.5 Å². The second kappa shape index (κ2) is 32.6. The van der Waals surface area contributed by atoms with Crippen LogP contribution >= 0.6 is 0 Å². The third-order valence-electron chi connectivity index (χ3n) is 7.96. The minimum absolute atomic E-state index is 0.0176. The van der Waals surface area contributed by atoms with Crippen molar-refractivity contribution >= 4 is 35.4 Å². The SMILES string of the molecule is COCCOCCOCCOCCCC(=O)[C@H](Cc1ccc(OCC(=O)O)cc1)NC(=O)CCOCCOCCOCCOCCNC(=O)CCN1C(=O)C=CC1=O. The van der Waals surface area contributed by atoms with Crippen LogP contribution in [-0.2, 0) is 73.1 Å². The lowest BCUT2D eigenvalue weighted by Gasteiger charge is -2.18. The molecule has 3 N–H and O–H groups in total. The Hall–Kier alpha value is -4.34. The molecule has 1 aliphatic rings. The van der Waals surface area contributed by atoms with Crippen molar-refractivity contribution in [3.05, 3.63) is 42.0 Å². The van der Waals surface area contributed by atoms with Crippen molar-refractivity contribution in [2.45, 2.75) is 38.1 Å². The number of carbonyl (C=O) groups is 6. The molecule has 0 radical (unpaired) electrons. The van der Waals surface area contributed by atoms with Gasteiger partial charge < -0.3 is 58.4 Å². The van der Waals surface area contributed by atoms with Crippen LogP contribution in [0.15, 0.2) is 36.4 Å². The molecule has 1 aromatic rings. The van der Waals surface area contributed by atoms with Gasteiger partial charge in [-0.05, 0) is 30.5 Å². The van der Waals surface area contributed by atoms with E-state index in [-0.39, 0.29) is 76.2 Å². The van der Waals surface area contributed by atoms with Crippen LogP contribution in [0.3, 0.4) is 0 Å². The number of carbonyl (C=O) groups excluding carboxylic acids is 5. The van der Waals surface area contributed by atoms with Crippen molar-refractivity contribution in [3.63, 3.8) is 0 Å². The standard InChI is InChI=1S/C39H59N3O16/c1-50-17-18-54-25-26-55-22-19-51-14-2-3-34(43)33(29-31-4-6-32(7-5-31)58-30-39(48)49)41-36(45)11-15-52-20-23-56-27-28-57-24-21-53-16-12-40-35(44)10-13-42-37(46)8-9-38(42)47/h4-9,33H,2-3,10-30H2,1H3,(H,40,44)(H,41,45)(H,48,49)/t33-/m0/s1. The van der Waals surface area contributed by atoms with E-state index in [9.17, 15) is 28.8 Å². The molecule has 0 aliphatic carbocycles. The maximum Gasteiger partial charge on any atom is 0.341 e. The Bertz CT molecular complexity index is 1360. The fourth-order valence-electron chi connectivity index (χ4n) is 4.96. The number of aliphatic carboxylic acids is 1. The van der Waals surface area contributed by atoms with Gasteiger partial charge in [0, 0.05) is 58.2 Å². The van der Waals surface area contributed by atoms with Gasteiger partial charge in [0.05, 0.1) is 98.5 Å². The van der Waals surface area contributed by atoms with Gasteiger partial charge in [0.25, 0.3) is 11.8 Å². The normalized spacial score (nSPS) is 12.9. The van der Waals surface area contributed by atoms with E-state index in [1.807, 2.05) is 0 Å². The summed E-state index contributed by atoms with van der Waals surface area (Å²) < 4.78 is 48.3. The summed E-state index contributed by atoms with van der Waals surface area (Å²) in [5.74, 6) is -2.35. The highest BCUT2D eigenvalue weighted by Crippen LogP contribution is 2.15. The highest BCUT2D eigenvalue weighted by Gasteiger charge is 2.24. The van der Waals surface area contributed by atoms with E-state index in [2.05, 4.69) is 10.6 Å². The number of ether oxygens (including phenoxy) is 9. The molecule has 1 heterocycles. The number of nitrogens with one attached hydrogen (secondary N) is 2. The summed E-state index contributed by atoms with van der Waals surface area (Å²) in [7, 11) is 1.61. The Kier molecular flexibility index (Phi) is 28.0. The number of benzene rings is 1. The monoisotopic (exact) mass is 825 g/mol. The van der Waals surface area contributed by atoms with Gasteiger partial charge in [-0.3, -0.25) is 28.9 Å². The molecular weight excluding hydrogens is 766 g/mol. The van der Waals surface area contributed by atoms with Gasteiger partial charge in [0.15, 0.2) is 12.4 Å². The second-order valence-electron chi connectivity index (χ2n) is 12.5. The number of nitrogens with zero attached hydrogens (tertiary/aromatic N) is 1. The number of rotatable bonds is 38. The van der Waals surface area contributed by atoms with Gasteiger partial charge in [-0.25, -0.2) is 4.79 Å². The molecular formula is C39H59N3O16. The molecule has 19 nitrogen and oxygen atoms in total. The molecule has 0 saturated carbocycles. The minimum atomic E-state index is -1.09. The average molecular weight is 826 g/mol. The molecule has 1 aliphatic heterocycles. The van der Waals surface area contributed by atoms with Crippen LogP contribution < -0.4 is 15.4 Å². The molecule has 0 fully saturated rings. The predicted molar refractivity (Wildman–Crippen MR) is 205 cm³/mol. The Balaban J connectivity index is 1.54. The Morgan fingerprint density at radius 1 is 0.638 bits per heavy atom. The van der Waals surface area contributed by atoms with Gasteiger partial charge in [-0.1, -0.05) is 12.1 Å². The summed E-state index contributed by atoms with van der Waals surface area (Å²) in [6.07, 6.45) is 3.30. The lowest BCUT2D eigenvalue weighted by molar-refractivity contribution is -0.140. The quantitative estimate of drug-likeness (QED) is 0.0593. The first-order valence-corrected chi connectivity index (χ1v) is 19.3.